The molecule has 5 atom stereocenters. The molecule has 250 valence electrons. The van der Waals surface area contributed by atoms with Crippen molar-refractivity contribution in [2.45, 2.75) is 57.7 Å². The molecule has 0 amide bonds. The van der Waals surface area contributed by atoms with Crippen molar-refractivity contribution in [3.05, 3.63) is 82.0 Å². The minimum Gasteiger partial charge on any atom is -0.481 e. The fourth-order valence-electron chi connectivity index (χ4n) is 6.54. The summed E-state index contributed by atoms with van der Waals surface area (Å²) in [6.07, 6.45) is -3.64. The highest BCUT2D eigenvalue weighted by Crippen LogP contribution is 2.53. The number of aliphatic carboxylic acids is 4. The van der Waals surface area contributed by atoms with Gasteiger partial charge < -0.3 is 29.9 Å². The number of halogens is 1. The Balaban J connectivity index is 1.85. The molecule has 4 rings (SSSR count). The van der Waals surface area contributed by atoms with Gasteiger partial charge in [-0.15, -0.1) is 11.3 Å². The second kappa shape index (κ2) is 14.9. The van der Waals surface area contributed by atoms with E-state index >= 15 is 0 Å². The van der Waals surface area contributed by atoms with Gasteiger partial charge in [0.05, 0.1) is 25.4 Å². The molecule has 2 aromatic carbocycles. The summed E-state index contributed by atoms with van der Waals surface area (Å²) in [5.74, 6) is -10.0. The Kier molecular flexibility index (Phi) is 11.1. The molecule has 0 spiro atoms. The van der Waals surface area contributed by atoms with E-state index in [1.807, 2.05) is 19.1 Å². The van der Waals surface area contributed by atoms with Crippen LogP contribution < -0.4 is 0 Å². The van der Waals surface area contributed by atoms with Gasteiger partial charge in [-0.3, -0.25) is 24.0 Å². The Hall–Kier alpha value is -4.62. The Morgan fingerprint density at radius 1 is 0.851 bits per heavy atom. The second-order valence-electron chi connectivity index (χ2n) is 11.7. The monoisotopic (exact) mass is 670 g/mol. The molecule has 0 aliphatic carbocycles. The van der Waals surface area contributed by atoms with Gasteiger partial charge in [-0.2, -0.15) is 0 Å². The molecule has 11 nitrogen and oxygen atoms in total. The van der Waals surface area contributed by atoms with E-state index in [1.54, 1.807) is 30.3 Å². The van der Waals surface area contributed by atoms with Crippen molar-refractivity contribution in [3.63, 3.8) is 0 Å². The molecule has 4 N–H and O–H groups in total. The minimum atomic E-state index is -1.93. The SMILES string of the molecule is CC(=O)OC[C@@H]1OC(CC(=O)O)(c2ccc(C)c(Cc3ccc(-c4ccc(F)cc4)s3)c2)[C@H](CC(=O)O)[C@@H](CC(=O)O)[C@H]1CC(=O)O. The third-order valence-corrected chi connectivity index (χ3v) is 9.71. The highest BCUT2D eigenvalue weighted by atomic mass is 32.1. The van der Waals surface area contributed by atoms with Gasteiger partial charge in [0.2, 0.25) is 0 Å². The van der Waals surface area contributed by atoms with Crippen LogP contribution in [0.5, 0.6) is 0 Å². The summed E-state index contributed by atoms with van der Waals surface area (Å²) in [4.78, 5) is 62.5. The van der Waals surface area contributed by atoms with Crippen molar-refractivity contribution in [1.29, 1.82) is 0 Å². The number of hydrogen-bond acceptors (Lipinski definition) is 8. The molecule has 1 aromatic heterocycles. The lowest BCUT2D eigenvalue weighted by Gasteiger charge is -2.53. The van der Waals surface area contributed by atoms with Gasteiger partial charge in [0.15, 0.2) is 0 Å². The van der Waals surface area contributed by atoms with Gasteiger partial charge in [0.1, 0.15) is 18.0 Å². The number of aryl methyl sites for hydroxylation is 1. The van der Waals surface area contributed by atoms with E-state index in [-0.39, 0.29) is 11.4 Å². The molecule has 3 aromatic rings. The van der Waals surface area contributed by atoms with Crippen LogP contribution in [-0.2, 0) is 45.5 Å². The zero-order chi connectivity index (χ0) is 34.5. The lowest BCUT2D eigenvalue weighted by molar-refractivity contribution is -0.240. The highest BCUT2D eigenvalue weighted by Gasteiger charge is 2.57. The Morgan fingerprint density at radius 2 is 1.49 bits per heavy atom. The van der Waals surface area contributed by atoms with Crippen molar-refractivity contribution in [1.82, 2.24) is 0 Å². The lowest BCUT2D eigenvalue weighted by Crippen LogP contribution is -2.57. The number of esters is 1. The number of thiophene rings is 1. The Labute approximate surface area is 273 Å². The Bertz CT molecular complexity index is 1650. The van der Waals surface area contributed by atoms with Crippen molar-refractivity contribution in [3.8, 4) is 10.4 Å². The van der Waals surface area contributed by atoms with Crippen molar-refractivity contribution < 1.29 is 58.3 Å². The van der Waals surface area contributed by atoms with Gasteiger partial charge in [-0.05, 0) is 59.4 Å². The zero-order valence-electron chi connectivity index (χ0n) is 25.7. The third kappa shape index (κ3) is 8.60. The van der Waals surface area contributed by atoms with Crippen LogP contribution >= 0.6 is 11.3 Å². The predicted molar refractivity (Wildman–Crippen MR) is 166 cm³/mol. The van der Waals surface area contributed by atoms with E-state index in [0.29, 0.717) is 6.42 Å². The fraction of sp³-hybridized carbons (Fsp3) is 0.382. The van der Waals surface area contributed by atoms with E-state index in [4.69, 9.17) is 9.47 Å². The summed E-state index contributed by atoms with van der Waals surface area (Å²) in [6, 6.07) is 15.0. The molecule has 1 fully saturated rings. The third-order valence-electron chi connectivity index (χ3n) is 8.58. The van der Waals surface area contributed by atoms with Crippen LogP contribution in [0.15, 0.2) is 54.6 Å². The smallest absolute Gasteiger partial charge is 0.306 e. The average Bonchev–Trinajstić information content (AvgIpc) is 3.44. The molecular weight excluding hydrogens is 635 g/mol. The number of carbonyl (C=O) groups excluding carboxylic acids is 1. The molecule has 2 heterocycles. The van der Waals surface area contributed by atoms with Crippen molar-refractivity contribution in [2.75, 3.05) is 6.61 Å². The van der Waals surface area contributed by atoms with Crippen LogP contribution in [0.3, 0.4) is 0 Å². The topological polar surface area (TPSA) is 185 Å². The average molecular weight is 671 g/mol. The Morgan fingerprint density at radius 3 is 2.09 bits per heavy atom. The molecular formula is C34H35FO11S. The van der Waals surface area contributed by atoms with Gasteiger partial charge >= 0.3 is 29.8 Å². The van der Waals surface area contributed by atoms with Gasteiger partial charge in [0, 0.05) is 41.4 Å². The maximum Gasteiger partial charge on any atom is 0.306 e. The molecule has 1 aliphatic rings. The maximum atomic E-state index is 13.5. The second-order valence-corrected chi connectivity index (χ2v) is 12.9. The first-order valence-corrected chi connectivity index (χ1v) is 15.6. The van der Waals surface area contributed by atoms with E-state index in [0.717, 1.165) is 33.4 Å². The predicted octanol–water partition coefficient (Wildman–Crippen LogP) is 5.36. The summed E-state index contributed by atoms with van der Waals surface area (Å²) >= 11 is 1.48. The zero-order valence-corrected chi connectivity index (χ0v) is 26.5. The molecule has 1 aliphatic heterocycles. The van der Waals surface area contributed by atoms with Gasteiger partial charge in [0.25, 0.3) is 0 Å². The quantitative estimate of drug-likeness (QED) is 0.162. The van der Waals surface area contributed by atoms with Crippen LogP contribution in [0.1, 0.15) is 54.2 Å². The lowest BCUT2D eigenvalue weighted by atomic mass is 9.61. The van der Waals surface area contributed by atoms with E-state index < -0.39 is 91.6 Å². The van der Waals surface area contributed by atoms with Crippen LogP contribution in [0.25, 0.3) is 10.4 Å². The molecule has 0 saturated carbocycles. The number of carbonyl (C=O) groups is 5. The first-order valence-electron chi connectivity index (χ1n) is 14.8. The van der Waals surface area contributed by atoms with E-state index in [1.165, 1.54) is 23.5 Å². The highest BCUT2D eigenvalue weighted by molar-refractivity contribution is 7.15. The number of ether oxygens (including phenoxy) is 2. The normalized spacial score (nSPS) is 22.4. The molecule has 1 unspecified atom stereocenters. The van der Waals surface area contributed by atoms with Crippen molar-refractivity contribution in [2.24, 2.45) is 17.8 Å². The molecule has 47 heavy (non-hydrogen) atoms. The summed E-state index contributed by atoms with van der Waals surface area (Å²) in [6.45, 7) is 2.48. The number of benzene rings is 2. The van der Waals surface area contributed by atoms with Crippen LogP contribution in [0.2, 0.25) is 0 Å². The maximum absolute atomic E-state index is 13.5. The number of rotatable bonds is 14. The summed E-state index contributed by atoms with van der Waals surface area (Å²) < 4.78 is 25.1. The molecule has 0 bridgehead atoms. The first kappa shape index (κ1) is 35.2. The van der Waals surface area contributed by atoms with Gasteiger partial charge in [-0.25, -0.2) is 4.39 Å². The summed E-state index contributed by atoms with van der Waals surface area (Å²) in [7, 11) is 0. The standard InChI is InChI=1S/C34H35FO11S/c1-18-3-6-22(11-21(18)12-24-9-10-29(47-24)20-4-7-23(35)8-5-20)34(16-33(43)44)27(15-32(41)42)25(13-30(37)38)26(14-31(39)40)28(46-34)17-45-19(2)36/h3-11,25-28H,12-17H2,1-2H3,(H,37,38)(H,39,40)(H,41,42)(H,43,44)/t25-,26+,27+,28-,34?/m0/s1. The molecule has 0 radical (unpaired) electrons. The van der Waals surface area contributed by atoms with E-state index in [9.17, 15) is 48.8 Å². The fourth-order valence-corrected chi connectivity index (χ4v) is 7.58. The number of carboxylic acid groups (broad SMARTS) is 4. The summed E-state index contributed by atoms with van der Waals surface area (Å²) in [5, 5.41) is 39.8. The van der Waals surface area contributed by atoms with Crippen LogP contribution in [0.4, 0.5) is 4.39 Å². The minimum absolute atomic E-state index is 0.277. The van der Waals surface area contributed by atoms with Crippen LogP contribution in [-0.4, -0.2) is 63.0 Å². The molecule has 13 heteroatoms. The van der Waals surface area contributed by atoms with Crippen LogP contribution in [0, 0.1) is 30.5 Å². The van der Waals surface area contributed by atoms with Crippen molar-refractivity contribution >= 4 is 41.2 Å². The summed E-state index contributed by atoms with van der Waals surface area (Å²) in [5.41, 5.74) is 0.778. The number of hydrogen-bond donors (Lipinski definition) is 4. The van der Waals surface area contributed by atoms with E-state index in [2.05, 4.69) is 0 Å². The molecule has 1 saturated heterocycles. The number of carboxylic acids is 4. The van der Waals surface area contributed by atoms with Gasteiger partial charge in [-0.1, -0.05) is 30.3 Å². The largest absolute Gasteiger partial charge is 0.481 e. The first-order chi connectivity index (χ1) is 22.2.